The molecule has 2 aromatic rings. The highest BCUT2D eigenvalue weighted by atomic mass is 14.6. The van der Waals surface area contributed by atoms with Crippen LogP contribution in [0.3, 0.4) is 0 Å². The van der Waals surface area contributed by atoms with Crippen molar-refractivity contribution in [3.63, 3.8) is 0 Å². The predicted molar refractivity (Wildman–Crippen MR) is 63.6 cm³/mol. The summed E-state index contributed by atoms with van der Waals surface area (Å²) in [6.07, 6.45) is 3.60. The Labute approximate surface area is 89.8 Å². The number of benzene rings is 1. The number of nitrogens with zero attached hydrogens (tertiary/aromatic N) is 1. The summed E-state index contributed by atoms with van der Waals surface area (Å²) in [5.74, 6) is 0. The second-order valence-corrected chi connectivity index (χ2v) is 3.78. The van der Waals surface area contributed by atoms with E-state index in [1.54, 1.807) is 6.20 Å². The van der Waals surface area contributed by atoms with Gasteiger partial charge < -0.3 is 5.73 Å². The minimum atomic E-state index is 0.841. The van der Waals surface area contributed by atoms with Gasteiger partial charge in [-0.3, -0.25) is 4.98 Å². The highest BCUT2D eigenvalue weighted by Crippen LogP contribution is 2.28. The van der Waals surface area contributed by atoms with E-state index in [9.17, 15) is 0 Å². The van der Waals surface area contributed by atoms with E-state index in [1.165, 1.54) is 5.56 Å². The molecule has 0 radical (unpaired) electrons. The molecule has 0 saturated carbocycles. The van der Waals surface area contributed by atoms with Crippen molar-refractivity contribution in [3.8, 4) is 11.1 Å². The number of aryl methyl sites for hydroxylation is 2. The monoisotopic (exact) mass is 198 g/mol. The van der Waals surface area contributed by atoms with Gasteiger partial charge in [0.05, 0.1) is 0 Å². The van der Waals surface area contributed by atoms with Crippen LogP contribution in [-0.2, 0) is 0 Å². The lowest BCUT2D eigenvalue weighted by atomic mass is 9.99. The number of nitrogens with two attached hydrogens (primary N) is 1. The lowest BCUT2D eigenvalue weighted by Gasteiger charge is -2.09. The van der Waals surface area contributed by atoms with Gasteiger partial charge in [-0.25, -0.2) is 0 Å². The van der Waals surface area contributed by atoms with Crippen LogP contribution >= 0.6 is 0 Å². The minimum Gasteiger partial charge on any atom is -0.398 e. The van der Waals surface area contributed by atoms with Crippen LogP contribution in [0.15, 0.2) is 36.7 Å². The van der Waals surface area contributed by atoms with Gasteiger partial charge in [0.1, 0.15) is 0 Å². The fourth-order valence-corrected chi connectivity index (χ4v) is 1.74. The molecule has 0 atom stereocenters. The van der Waals surface area contributed by atoms with Gasteiger partial charge in [0, 0.05) is 29.2 Å². The normalized spacial score (nSPS) is 10.3. The number of pyridine rings is 1. The van der Waals surface area contributed by atoms with Crippen molar-refractivity contribution < 1.29 is 0 Å². The number of anilines is 1. The van der Waals surface area contributed by atoms with Gasteiger partial charge in [-0.15, -0.1) is 0 Å². The summed E-state index contributed by atoms with van der Waals surface area (Å²) in [7, 11) is 0. The Balaban J connectivity index is 2.63. The van der Waals surface area contributed by atoms with Crippen LogP contribution in [0.25, 0.3) is 11.1 Å². The molecule has 0 amide bonds. The molecule has 1 heterocycles. The molecule has 0 bridgehead atoms. The standard InChI is InChI=1S/C13H14N2/c1-9-6-10(2)13(14)12(7-9)11-4-3-5-15-8-11/h3-8H,14H2,1-2H3. The Kier molecular flexibility index (Phi) is 2.42. The Morgan fingerprint density at radius 2 is 2.00 bits per heavy atom. The van der Waals surface area contributed by atoms with E-state index >= 15 is 0 Å². The van der Waals surface area contributed by atoms with Crippen LogP contribution in [0.2, 0.25) is 0 Å². The average molecular weight is 198 g/mol. The molecule has 0 aliphatic rings. The van der Waals surface area contributed by atoms with Crippen molar-refractivity contribution in [1.82, 2.24) is 4.98 Å². The van der Waals surface area contributed by atoms with Crippen LogP contribution < -0.4 is 5.73 Å². The maximum atomic E-state index is 6.06. The largest absolute Gasteiger partial charge is 0.398 e. The van der Waals surface area contributed by atoms with Crippen LogP contribution in [-0.4, -0.2) is 4.98 Å². The Bertz CT molecular complexity index is 475. The first kappa shape index (κ1) is 9.71. The second-order valence-electron chi connectivity index (χ2n) is 3.78. The summed E-state index contributed by atoms with van der Waals surface area (Å²) in [6, 6.07) is 8.14. The molecule has 0 aliphatic carbocycles. The third kappa shape index (κ3) is 1.84. The molecule has 15 heavy (non-hydrogen) atoms. The molecular formula is C13H14N2. The smallest absolute Gasteiger partial charge is 0.0424 e. The summed E-state index contributed by atoms with van der Waals surface area (Å²) in [5, 5.41) is 0. The topological polar surface area (TPSA) is 38.9 Å². The second kappa shape index (κ2) is 3.73. The van der Waals surface area contributed by atoms with Crippen molar-refractivity contribution >= 4 is 5.69 Å². The average Bonchev–Trinajstić information content (AvgIpc) is 2.24. The molecular weight excluding hydrogens is 184 g/mol. The molecule has 1 aromatic carbocycles. The molecule has 2 heteroatoms. The van der Waals surface area contributed by atoms with Gasteiger partial charge in [-0.2, -0.15) is 0 Å². The maximum absolute atomic E-state index is 6.06. The Morgan fingerprint density at radius 3 is 2.67 bits per heavy atom. The van der Waals surface area contributed by atoms with E-state index in [1.807, 2.05) is 25.3 Å². The first-order valence-electron chi connectivity index (χ1n) is 4.95. The van der Waals surface area contributed by atoms with E-state index in [-0.39, 0.29) is 0 Å². The SMILES string of the molecule is Cc1cc(C)c(N)c(-c2cccnc2)c1. The van der Waals surface area contributed by atoms with Crippen molar-refractivity contribution in [2.45, 2.75) is 13.8 Å². The number of hydrogen-bond acceptors (Lipinski definition) is 2. The quantitative estimate of drug-likeness (QED) is 0.715. The van der Waals surface area contributed by atoms with E-state index in [4.69, 9.17) is 5.73 Å². The summed E-state index contributed by atoms with van der Waals surface area (Å²) in [5.41, 5.74) is 11.4. The van der Waals surface area contributed by atoms with Crippen molar-refractivity contribution in [2.24, 2.45) is 0 Å². The first-order valence-corrected chi connectivity index (χ1v) is 4.95. The first-order chi connectivity index (χ1) is 7.18. The molecule has 76 valence electrons. The summed E-state index contributed by atoms with van der Waals surface area (Å²) in [6.45, 7) is 4.11. The van der Waals surface area contributed by atoms with Crippen molar-refractivity contribution in [3.05, 3.63) is 47.8 Å². The number of aromatic nitrogens is 1. The fourth-order valence-electron chi connectivity index (χ4n) is 1.74. The Hall–Kier alpha value is -1.83. The highest BCUT2D eigenvalue weighted by molar-refractivity contribution is 5.78. The van der Waals surface area contributed by atoms with Crippen molar-refractivity contribution in [2.75, 3.05) is 5.73 Å². The van der Waals surface area contributed by atoms with Crippen LogP contribution in [0.4, 0.5) is 5.69 Å². The molecule has 0 saturated heterocycles. The fraction of sp³-hybridized carbons (Fsp3) is 0.154. The lowest BCUT2D eigenvalue weighted by Crippen LogP contribution is -1.95. The molecule has 0 unspecified atom stereocenters. The number of hydrogen-bond donors (Lipinski definition) is 1. The van der Waals surface area contributed by atoms with Gasteiger partial charge >= 0.3 is 0 Å². The zero-order valence-corrected chi connectivity index (χ0v) is 8.99. The van der Waals surface area contributed by atoms with Gasteiger partial charge in [0.15, 0.2) is 0 Å². The Morgan fingerprint density at radius 1 is 1.20 bits per heavy atom. The van der Waals surface area contributed by atoms with Crippen LogP contribution in [0.1, 0.15) is 11.1 Å². The van der Waals surface area contributed by atoms with E-state index in [0.29, 0.717) is 0 Å². The van der Waals surface area contributed by atoms with Gasteiger partial charge in [0.2, 0.25) is 0 Å². The van der Waals surface area contributed by atoms with E-state index in [0.717, 1.165) is 22.4 Å². The molecule has 1 aromatic heterocycles. The predicted octanol–water partition coefficient (Wildman–Crippen LogP) is 2.95. The third-order valence-electron chi connectivity index (χ3n) is 2.50. The summed E-state index contributed by atoms with van der Waals surface area (Å²) >= 11 is 0. The summed E-state index contributed by atoms with van der Waals surface area (Å²) < 4.78 is 0. The van der Waals surface area contributed by atoms with Crippen LogP contribution in [0.5, 0.6) is 0 Å². The summed E-state index contributed by atoms with van der Waals surface area (Å²) in [4.78, 5) is 4.11. The van der Waals surface area contributed by atoms with Gasteiger partial charge in [-0.05, 0) is 31.5 Å². The molecule has 2 rings (SSSR count). The van der Waals surface area contributed by atoms with Gasteiger partial charge in [-0.1, -0.05) is 17.7 Å². The van der Waals surface area contributed by atoms with Crippen LogP contribution in [0, 0.1) is 13.8 Å². The molecule has 0 aliphatic heterocycles. The number of rotatable bonds is 1. The molecule has 0 fully saturated rings. The lowest BCUT2D eigenvalue weighted by molar-refractivity contribution is 1.32. The zero-order chi connectivity index (χ0) is 10.8. The van der Waals surface area contributed by atoms with E-state index < -0.39 is 0 Å². The van der Waals surface area contributed by atoms with Crippen molar-refractivity contribution in [1.29, 1.82) is 0 Å². The molecule has 2 N–H and O–H groups in total. The molecule has 0 spiro atoms. The highest BCUT2D eigenvalue weighted by Gasteiger charge is 2.05. The number of nitrogen functional groups attached to an aromatic ring is 1. The molecule has 2 nitrogen and oxygen atoms in total. The van der Waals surface area contributed by atoms with Gasteiger partial charge in [0.25, 0.3) is 0 Å². The maximum Gasteiger partial charge on any atom is 0.0424 e. The van der Waals surface area contributed by atoms with E-state index in [2.05, 4.69) is 24.0 Å². The zero-order valence-electron chi connectivity index (χ0n) is 8.99. The third-order valence-corrected chi connectivity index (χ3v) is 2.50. The minimum absolute atomic E-state index is 0.841.